The van der Waals surface area contributed by atoms with Crippen molar-refractivity contribution < 1.29 is 26.7 Å². The SMILES string of the molecule is OB(OC=N[c-]1cccc1)c1ccccc1.[Fe+2].c1cc[cH-]c1. The van der Waals surface area contributed by atoms with Gasteiger partial charge < -0.3 is 14.7 Å². The van der Waals surface area contributed by atoms with E-state index >= 15 is 0 Å². The van der Waals surface area contributed by atoms with Crippen LogP contribution in [0.15, 0.2) is 89.9 Å². The van der Waals surface area contributed by atoms with Crippen molar-refractivity contribution in [2.75, 3.05) is 0 Å². The second-order valence-corrected chi connectivity index (χ2v) is 4.24. The van der Waals surface area contributed by atoms with Gasteiger partial charge in [-0.25, -0.2) is 12.1 Å². The smallest absolute Gasteiger partial charge is 0.571 e. The van der Waals surface area contributed by atoms with Gasteiger partial charge in [0.05, 0.1) is 6.40 Å². The number of nitrogens with zero attached hydrogens (tertiary/aromatic N) is 1. The molecule has 0 atom stereocenters. The van der Waals surface area contributed by atoms with Gasteiger partial charge in [0, 0.05) is 0 Å². The van der Waals surface area contributed by atoms with Crippen molar-refractivity contribution in [2.24, 2.45) is 4.99 Å². The summed E-state index contributed by atoms with van der Waals surface area (Å²) in [5.41, 5.74) is 1.51. The van der Waals surface area contributed by atoms with E-state index in [1.165, 1.54) is 6.40 Å². The molecule has 3 nitrogen and oxygen atoms in total. The quantitative estimate of drug-likeness (QED) is 0.345. The van der Waals surface area contributed by atoms with E-state index in [0.717, 1.165) is 5.69 Å². The standard InChI is InChI=1S/C12H11BNO2.C5H5.Fe/c15-13(11-6-2-1-3-7-11)16-10-14-12-8-4-5-9-12;1-2-4-5-3-1;/h1-10,15H;1-5H;/q2*-1;+2. The Kier molecular flexibility index (Phi) is 8.69. The summed E-state index contributed by atoms with van der Waals surface area (Å²) >= 11 is 0. The van der Waals surface area contributed by atoms with Crippen molar-refractivity contribution >= 4 is 24.7 Å². The summed E-state index contributed by atoms with van der Waals surface area (Å²) in [5.74, 6) is 0. The Labute approximate surface area is 141 Å². The van der Waals surface area contributed by atoms with Crippen LogP contribution >= 0.6 is 0 Å². The van der Waals surface area contributed by atoms with Gasteiger partial charge in [0.25, 0.3) is 0 Å². The average molecular weight is 333 g/mol. The van der Waals surface area contributed by atoms with Gasteiger partial charge in [0.2, 0.25) is 0 Å². The summed E-state index contributed by atoms with van der Waals surface area (Å²) in [4.78, 5) is 4.02. The monoisotopic (exact) mass is 333 g/mol. The van der Waals surface area contributed by atoms with E-state index in [1.807, 2.05) is 72.8 Å². The molecule has 0 aliphatic rings. The topological polar surface area (TPSA) is 41.8 Å². The predicted octanol–water partition coefficient (Wildman–Crippen LogP) is 2.87. The molecule has 1 N–H and O–H groups in total. The molecule has 3 aromatic rings. The van der Waals surface area contributed by atoms with E-state index in [0.29, 0.717) is 5.46 Å². The predicted molar refractivity (Wildman–Crippen MR) is 87.4 cm³/mol. The number of aliphatic imine (C=N–C) groups is 1. The molecule has 0 fully saturated rings. The Morgan fingerprint density at radius 3 is 2.18 bits per heavy atom. The van der Waals surface area contributed by atoms with E-state index in [9.17, 15) is 5.02 Å². The van der Waals surface area contributed by atoms with Crippen LogP contribution in [0.3, 0.4) is 0 Å². The van der Waals surface area contributed by atoms with E-state index in [2.05, 4.69) is 4.99 Å². The van der Waals surface area contributed by atoms with Crippen molar-refractivity contribution in [2.45, 2.75) is 0 Å². The average Bonchev–Trinajstić information content (AvgIpc) is 3.24. The Morgan fingerprint density at radius 1 is 1.00 bits per heavy atom. The fourth-order valence-electron chi connectivity index (χ4n) is 1.62. The molecule has 0 unspecified atom stereocenters. The Balaban J connectivity index is 0.000000344. The van der Waals surface area contributed by atoms with Gasteiger partial charge in [0.15, 0.2) is 0 Å². The van der Waals surface area contributed by atoms with Crippen molar-refractivity contribution in [1.82, 2.24) is 0 Å². The maximum atomic E-state index is 9.64. The van der Waals surface area contributed by atoms with Crippen LogP contribution in [0.4, 0.5) is 5.69 Å². The Bertz CT molecular complexity index is 592. The first-order chi connectivity index (χ1) is 10.4. The largest absolute Gasteiger partial charge is 2.00 e. The minimum Gasteiger partial charge on any atom is -0.571 e. The molecule has 0 bridgehead atoms. The third-order valence-corrected chi connectivity index (χ3v) is 2.68. The number of benzene rings is 1. The van der Waals surface area contributed by atoms with Crippen LogP contribution in [0.25, 0.3) is 0 Å². The molecule has 3 aromatic carbocycles. The molecule has 0 aliphatic heterocycles. The summed E-state index contributed by atoms with van der Waals surface area (Å²) in [5, 5.41) is 9.64. The van der Waals surface area contributed by atoms with E-state index in [-0.39, 0.29) is 17.1 Å². The zero-order chi connectivity index (χ0) is 14.8. The van der Waals surface area contributed by atoms with Crippen molar-refractivity contribution in [3.8, 4) is 0 Å². The van der Waals surface area contributed by atoms with Gasteiger partial charge in [-0.15, -0.1) is 12.1 Å². The molecule has 22 heavy (non-hydrogen) atoms. The third kappa shape index (κ3) is 6.59. The summed E-state index contributed by atoms with van der Waals surface area (Å²) in [6, 6.07) is 26.6. The van der Waals surface area contributed by atoms with Gasteiger partial charge in [-0.1, -0.05) is 30.3 Å². The van der Waals surface area contributed by atoms with Gasteiger partial charge in [-0.3, -0.25) is 0 Å². The normalized spacial score (nSPS) is 9.50. The summed E-state index contributed by atoms with van der Waals surface area (Å²) in [6.07, 6.45) is 1.26. The van der Waals surface area contributed by atoms with Crippen LogP contribution in [0.2, 0.25) is 0 Å². The van der Waals surface area contributed by atoms with Crippen molar-refractivity contribution in [3.05, 3.63) is 84.9 Å². The van der Waals surface area contributed by atoms with E-state index in [4.69, 9.17) is 4.65 Å². The van der Waals surface area contributed by atoms with Crippen LogP contribution in [0.1, 0.15) is 0 Å². The molecule has 3 rings (SSSR count). The first-order valence-electron chi connectivity index (χ1n) is 6.65. The first-order valence-corrected chi connectivity index (χ1v) is 6.65. The fourth-order valence-corrected chi connectivity index (χ4v) is 1.62. The summed E-state index contributed by atoms with van der Waals surface area (Å²) in [7, 11) is -0.972. The number of rotatable bonds is 4. The van der Waals surface area contributed by atoms with Gasteiger partial charge >= 0.3 is 24.2 Å². The minimum atomic E-state index is -0.972. The molecule has 112 valence electrons. The zero-order valence-electron chi connectivity index (χ0n) is 11.9. The van der Waals surface area contributed by atoms with Crippen LogP contribution in [0, 0.1) is 0 Å². The third-order valence-electron chi connectivity index (χ3n) is 2.68. The second-order valence-electron chi connectivity index (χ2n) is 4.24. The molecule has 0 saturated heterocycles. The van der Waals surface area contributed by atoms with Crippen LogP contribution in [-0.2, 0) is 21.7 Å². The van der Waals surface area contributed by atoms with Crippen LogP contribution < -0.4 is 5.46 Å². The molecule has 0 heterocycles. The molecular weight excluding hydrogens is 317 g/mol. The molecule has 0 spiro atoms. The molecule has 0 radical (unpaired) electrons. The van der Waals surface area contributed by atoms with Gasteiger partial charge in [-0.2, -0.15) is 30.3 Å². The van der Waals surface area contributed by atoms with Crippen molar-refractivity contribution in [3.63, 3.8) is 0 Å². The van der Waals surface area contributed by atoms with Gasteiger partial charge in [-0.05, 0) is 11.2 Å². The molecule has 5 heteroatoms. The zero-order valence-corrected chi connectivity index (χ0v) is 13.0. The molecule has 0 aliphatic carbocycles. The molecular formula is C17H16BFeNO2. The Morgan fingerprint density at radius 2 is 1.64 bits per heavy atom. The maximum Gasteiger partial charge on any atom is 2.00 e. The fraction of sp³-hybridized carbons (Fsp3) is 0. The minimum absolute atomic E-state index is 0. The molecule has 0 amide bonds. The Hall–Kier alpha value is -2.07. The van der Waals surface area contributed by atoms with Crippen LogP contribution in [0.5, 0.6) is 0 Å². The maximum absolute atomic E-state index is 9.64. The van der Waals surface area contributed by atoms with E-state index < -0.39 is 7.12 Å². The summed E-state index contributed by atoms with van der Waals surface area (Å²) < 4.78 is 5.07. The number of hydrogen-bond acceptors (Lipinski definition) is 3. The van der Waals surface area contributed by atoms with E-state index in [1.54, 1.807) is 12.1 Å². The number of hydrogen-bond donors (Lipinski definition) is 1. The van der Waals surface area contributed by atoms with Crippen LogP contribution in [-0.4, -0.2) is 18.5 Å². The molecule has 0 saturated carbocycles. The molecule has 0 aromatic heterocycles. The van der Waals surface area contributed by atoms with Crippen molar-refractivity contribution in [1.29, 1.82) is 0 Å². The van der Waals surface area contributed by atoms with Gasteiger partial charge in [0.1, 0.15) is 0 Å². The second kappa shape index (κ2) is 10.6. The summed E-state index contributed by atoms with van der Waals surface area (Å²) in [6.45, 7) is 0. The first kappa shape index (κ1) is 18.0.